The summed E-state index contributed by atoms with van der Waals surface area (Å²) in [5.74, 6) is 3.05. The molecule has 116 valence electrons. The van der Waals surface area contributed by atoms with Gasteiger partial charge in [0.15, 0.2) is 0 Å². The average molecular weight is 296 g/mol. The van der Waals surface area contributed by atoms with Crippen LogP contribution in [0.25, 0.3) is 0 Å². The van der Waals surface area contributed by atoms with Crippen molar-refractivity contribution in [2.45, 2.75) is 31.6 Å². The van der Waals surface area contributed by atoms with Crippen molar-refractivity contribution in [1.29, 1.82) is 0 Å². The van der Waals surface area contributed by atoms with Gasteiger partial charge in [-0.2, -0.15) is 0 Å². The van der Waals surface area contributed by atoms with Crippen molar-refractivity contribution >= 4 is 0 Å². The smallest absolute Gasteiger partial charge is 0.118 e. The zero-order valence-corrected chi connectivity index (χ0v) is 13.4. The molecule has 0 bridgehead atoms. The van der Waals surface area contributed by atoms with E-state index in [4.69, 9.17) is 9.47 Å². The molecule has 1 aliphatic carbocycles. The fourth-order valence-electron chi connectivity index (χ4n) is 3.65. The van der Waals surface area contributed by atoms with Gasteiger partial charge < -0.3 is 9.47 Å². The van der Waals surface area contributed by atoms with Crippen molar-refractivity contribution in [1.82, 2.24) is 0 Å². The van der Waals surface area contributed by atoms with Gasteiger partial charge >= 0.3 is 0 Å². The Morgan fingerprint density at radius 2 is 1.14 bits per heavy atom. The summed E-state index contributed by atoms with van der Waals surface area (Å²) < 4.78 is 10.6. The first-order valence-corrected chi connectivity index (χ1v) is 8.09. The van der Waals surface area contributed by atoms with E-state index in [9.17, 15) is 0 Å². The lowest BCUT2D eigenvalue weighted by Gasteiger charge is -2.25. The molecule has 0 radical (unpaired) electrons. The zero-order valence-electron chi connectivity index (χ0n) is 13.4. The van der Waals surface area contributed by atoms with Gasteiger partial charge in [0.25, 0.3) is 0 Å². The molecule has 0 unspecified atom stereocenters. The van der Waals surface area contributed by atoms with Crippen LogP contribution in [0.4, 0.5) is 0 Å². The summed E-state index contributed by atoms with van der Waals surface area (Å²) in [4.78, 5) is 0. The Morgan fingerprint density at radius 1 is 0.727 bits per heavy atom. The highest BCUT2D eigenvalue weighted by atomic mass is 16.5. The minimum absolute atomic E-state index is 0.472. The Bertz CT molecular complexity index is 533. The number of rotatable bonds is 5. The molecular weight excluding hydrogens is 272 g/mol. The summed E-state index contributed by atoms with van der Waals surface area (Å²) in [7, 11) is 3.43. The van der Waals surface area contributed by atoms with Crippen LogP contribution in [-0.4, -0.2) is 14.2 Å². The van der Waals surface area contributed by atoms with Crippen molar-refractivity contribution in [2.75, 3.05) is 14.2 Å². The van der Waals surface area contributed by atoms with Crippen molar-refractivity contribution in [2.24, 2.45) is 5.92 Å². The van der Waals surface area contributed by atoms with Gasteiger partial charge in [-0.3, -0.25) is 0 Å². The van der Waals surface area contributed by atoms with Crippen LogP contribution in [0.3, 0.4) is 0 Å². The van der Waals surface area contributed by atoms with Gasteiger partial charge in [-0.05, 0) is 54.2 Å². The molecular formula is C20H24O2. The minimum Gasteiger partial charge on any atom is -0.497 e. The largest absolute Gasteiger partial charge is 0.497 e. The van der Waals surface area contributed by atoms with E-state index in [1.165, 1.54) is 36.8 Å². The van der Waals surface area contributed by atoms with Gasteiger partial charge in [0.1, 0.15) is 11.5 Å². The lowest BCUT2D eigenvalue weighted by atomic mass is 9.80. The summed E-state index contributed by atoms with van der Waals surface area (Å²) in [6, 6.07) is 17.1. The van der Waals surface area contributed by atoms with Gasteiger partial charge in [-0.15, -0.1) is 0 Å². The Morgan fingerprint density at radius 3 is 1.50 bits per heavy atom. The molecule has 0 heterocycles. The van der Waals surface area contributed by atoms with Crippen LogP contribution in [0, 0.1) is 5.92 Å². The van der Waals surface area contributed by atoms with Crippen molar-refractivity contribution < 1.29 is 9.47 Å². The predicted octanol–water partition coefficient (Wildman–Crippen LogP) is 5.03. The molecule has 1 fully saturated rings. The summed E-state index contributed by atoms with van der Waals surface area (Å²) in [5, 5.41) is 0. The molecule has 0 amide bonds. The molecule has 0 aliphatic heterocycles. The Balaban J connectivity index is 1.94. The van der Waals surface area contributed by atoms with Crippen LogP contribution in [0.15, 0.2) is 48.5 Å². The maximum atomic E-state index is 5.29. The van der Waals surface area contributed by atoms with Crippen LogP contribution in [-0.2, 0) is 0 Å². The van der Waals surface area contributed by atoms with E-state index < -0.39 is 0 Å². The van der Waals surface area contributed by atoms with Crippen molar-refractivity contribution in [3.8, 4) is 11.5 Å². The van der Waals surface area contributed by atoms with Crippen LogP contribution in [0.5, 0.6) is 11.5 Å². The second-order valence-electron chi connectivity index (χ2n) is 6.07. The third-order valence-corrected chi connectivity index (χ3v) is 4.82. The van der Waals surface area contributed by atoms with Gasteiger partial charge in [-0.25, -0.2) is 0 Å². The van der Waals surface area contributed by atoms with Crippen LogP contribution in [0.2, 0.25) is 0 Å². The molecule has 2 aromatic carbocycles. The normalized spacial score (nSPS) is 15.2. The Kier molecular flexibility index (Phi) is 4.67. The lowest BCUT2D eigenvalue weighted by Crippen LogP contribution is -2.11. The van der Waals surface area contributed by atoms with E-state index in [0.717, 1.165) is 17.4 Å². The standard InChI is InChI=1S/C20H24O2/c1-21-18-11-7-16(8-12-18)20(15-5-3-4-6-15)17-9-13-19(22-2)14-10-17/h7-15,20H,3-6H2,1-2H3. The van der Waals surface area contributed by atoms with E-state index in [1.54, 1.807) is 14.2 Å². The molecule has 0 spiro atoms. The van der Waals surface area contributed by atoms with Gasteiger partial charge in [0, 0.05) is 5.92 Å². The molecule has 0 aromatic heterocycles. The molecule has 2 nitrogen and oxygen atoms in total. The average Bonchev–Trinajstić information content (AvgIpc) is 3.10. The van der Waals surface area contributed by atoms with Crippen LogP contribution < -0.4 is 9.47 Å². The fourth-order valence-corrected chi connectivity index (χ4v) is 3.65. The van der Waals surface area contributed by atoms with E-state index in [1.807, 2.05) is 0 Å². The predicted molar refractivity (Wildman–Crippen MR) is 89.8 cm³/mol. The molecule has 3 rings (SSSR count). The quantitative estimate of drug-likeness (QED) is 0.770. The van der Waals surface area contributed by atoms with Gasteiger partial charge in [-0.1, -0.05) is 37.1 Å². The van der Waals surface area contributed by atoms with Crippen molar-refractivity contribution in [3.63, 3.8) is 0 Å². The number of ether oxygens (including phenoxy) is 2. The Hall–Kier alpha value is -1.96. The monoisotopic (exact) mass is 296 g/mol. The second-order valence-corrected chi connectivity index (χ2v) is 6.07. The first kappa shape index (κ1) is 15.0. The molecule has 0 N–H and O–H groups in total. The summed E-state index contributed by atoms with van der Waals surface area (Å²) in [6.07, 6.45) is 5.35. The van der Waals surface area contributed by atoms with Crippen LogP contribution >= 0.6 is 0 Å². The van der Waals surface area contributed by atoms with Crippen molar-refractivity contribution in [3.05, 3.63) is 59.7 Å². The van der Waals surface area contributed by atoms with Gasteiger partial charge in [0.05, 0.1) is 14.2 Å². The number of benzene rings is 2. The number of hydrogen-bond acceptors (Lipinski definition) is 2. The summed E-state index contributed by atoms with van der Waals surface area (Å²) in [5.41, 5.74) is 2.77. The number of hydrogen-bond donors (Lipinski definition) is 0. The Labute approximate surface area is 133 Å². The molecule has 1 aliphatic rings. The van der Waals surface area contributed by atoms with Gasteiger partial charge in [0.2, 0.25) is 0 Å². The molecule has 22 heavy (non-hydrogen) atoms. The first-order valence-electron chi connectivity index (χ1n) is 8.09. The fraction of sp³-hybridized carbons (Fsp3) is 0.400. The third-order valence-electron chi connectivity index (χ3n) is 4.82. The number of methoxy groups -OCH3 is 2. The summed E-state index contributed by atoms with van der Waals surface area (Å²) >= 11 is 0. The van der Waals surface area contributed by atoms with E-state index in [0.29, 0.717) is 5.92 Å². The second kappa shape index (κ2) is 6.87. The molecule has 0 atom stereocenters. The zero-order chi connectivity index (χ0) is 15.4. The highest BCUT2D eigenvalue weighted by Crippen LogP contribution is 2.42. The highest BCUT2D eigenvalue weighted by Gasteiger charge is 2.27. The summed E-state index contributed by atoms with van der Waals surface area (Å²) in [6.45, 7) is 0. The molecule has 0 saturated heterocycles. The van der Waals surface area contributed by atoms with E-state index in [-0.39, 0.29) is 0 Å². The maximum absolute atomic E-state index is 5.29. The lowest BCUT2D eigenvalue weighted by molar-refractivity contribution is 0.413. The van der Waals surface area contributed by atoms with E-state index >= 15 is 0 Å². The first-order chi connectivity index (χ1) is 10.8. The van der Waals surface area contributed by atoms with E-state index in [2.05, 4.69) is 48.5 Å². The third kappa shape index (κ3) is 3.11. The highest BCUT2D eigenvalue weighted by molar-refractivity contribution is 5.39. The molecule has 2 aromatic rings. The molecule has 2 heteroatoms. The molecule has 1 saturated carbocycles. The topological polar surface area (TPSA) is 18.5 Å². The minimum atomic E-state index is 0.472. The SMILES string of the molecule is COc1ccc(C(c2ccc(OC)cc2)C2CCCC2)cc1. The maximum Gasteiger partial charge on any atom is 0.118 e. The van der Waals surface area contributed by atoms with Crippen LogP contribution in [0.1, 0.15) is 42.7 Å².